The first-order valence-corrected chi connectivity index (χ1v) is 18.3. The lowest BCUT2D eigenvalue weighted by molar-refractivity contribution is -0.147. The van der Waals surface area contributed by atoms with E-state index in [1.807, 2.05) is 65.8 Å². The lowest BCUT2D eigenvalue weighted by atomic mass is 9.85. The molecule has 0 fully saturated rings. The number of ether oxygens (including phenoxy) is 2. The second kappa shape index (κ2) is 15.3. The smallest absolute Gasteiger partial charge is 0.306 e. The van der Waals surface area contributed by atoms with Gasteiger partial charge < -0.3 is 19.7 Å². The van der Waals surface area contributed by atoms with Crippen molar-refractivity contribution < 1.29 is 29.3 Å². The van der Waals surface area contributed by atoms with Gasteiger partial charge in [0.15, 0.2) is 0 Å². The predicted molar refractivity (Wildman–Crippen MR) is 207 cm³/mol. The van der Waals surface area contributed by atoms with Gasteiger partial charge in [-0.2, -0.15) is 0 Å². The van der Waals surface area contributed by atoms with E-state index in [0.717, 1.165) is 11.1 Å². The summed E-state index contributed by atoms with van der Waals surface area (Å²) in [6.45, 7) is 11.9. The number of rotatable bonds is 11. The van der Waals surface area contributed by atoms with Gasteiger partial charge in [0, 0.05) is 34.0 Å². The molecular weight excluding hydrogens is 731 g/mol. The molecule has 2 aromatic heterocycles. The third-order valence-corrected chi connectivity index (χ3v) is 9.44. The molecule has 14 heteroatoms. The lowest BCUT2D eigenvalue weighted by Crippen LogP contribution is -2.14. The molecule has 0 saturated heterocycles. The Labute approximate surface area is 322 Å². The highest BCUT2D eigenvalue weighted by atomic mass is 35.5. The van der Waals surface area contributed by atoms with Gasteiger partial charge in [0.2, 0.25) is 0 Å². The number of benzene rings is 4. The van der Waals surface area contributed by atoms with Gasteiger partial charge in [0.25, 0.3) is 0 Å². The maximum Gasteiger partial charge on any atom is 0.306 e. The number of esters is 2. The van der Waals surface area contributed by atoms with Crippen molar-refractivity contribution in [3.8, 4) is 22.9 Å². The molecule has 4 aromatic carbocycles. The van der Waals surface area contributed by atoms with Crippen LogP contribution in [0.2, 0.25) is 10.0 Å². The monoisotopic (exact) mass is 772 g/mol. The Morgan fingerprint density at radius 1 is 0.593 bits per heavy atom. The number of aromatic hydroxyl groups is 2. The molecule has 6 rings (SSSR count). The topological polar surface area (TPSA) is 154 Å². The minimum atomic E-state index is -0.471. The summed E-state index contributed by atoms with van der Waals surface area (Å²) >= 11 is 12.3. The molecule has 0 spiro atoms. The summed E-state index contributed by atoms with van der Waals surface area (Å²) in [7, 11) is 0. The molecule has 0 saturated carbocycles. The number of hydrogen-bond donors (Lipinski definition) is 2. The zero-order chi connectivity index (χ0) is 38.9. The SMILES string of the molecule is CC(C)(C)c1cc(COC(=O)CCCCC(=O)OCc2cc(C(C)(C)C)cc(-n3nc4ccc(Cl)cc4n3)c2O)c(O)c(-n2nc3ccc(Cl)cc3n2)c1. The first kappa shape index (κ1) is 38.5. The minimum Gasteiger partial charge on any atom is -0.505 e. The Kier molecular flexibility index (Phi) is 10.9. The highest BCUT2D eigenvalue weighted by Crippen LogP contribution is 2.36. The summed E-state index contributed by atoms with van der Waals surface area (Å²) in [4.78, 5) is 28.2. The van der Waals surface area contributed by atoms with Crippen LogP contribution in [0.25, 0.3) is 33.4 Å². The molecule has 12 nitrogen and oxygen atoms in total. The van der Waals surface area contributed by atoms with Crippen LogP contribution in [0, 0.1) is 0 Å². The van der Waals surface area contributed by atoms with Crippen LogP contribution in [0.4, 0.5) is 0 Å². The Balaban J connectivity index is 1.04. The molecule has 0 atom stereocenters. The maximum absolute atomic E-state index is 12.7. The van der Waals surface area contributed by atoms with Crippen LogP contribution in [0.5, 0.6) is 11.5 Å². The Morgan fingerprint density at radius 3 is 1.33 bits per heavy atom. The molecule has 2 N–H and O–H groups in total. The van der Waals surface area contributed by atoms with E-state index in [2.05, 4.69) is 20.4 Å². The number of carbonyl (C=O) groups excluding carboxylic acids is 2. The van der Waals surface area contributed by atoms with Crippen molar-refractivity contribution in [2.24, 2.45) is 0 Å². The highest BCUT2D eigenvalue weighted by Gasteiger charge is 2.24. The zero-order valence-electron chi connectivity index (χ0n) is 31.0. The average molecular weight is 774 g/mol. The van der Waals surface area contributed by atoms with Gasteiger partial charge in [-0.25, -0.2) is 0 Å². The Hall–Kier alpha value is -5.20. The van der Waals surface area contributed by atoms with Gasteiger partial charge in [-0.1, -0.05) is 64.7 Å². The quantitative estimate of drug-likeness (QED) is 0.0964. The molecule has 0 amide bonds. The van der Waals surface area contributed by atoms with Gasteiger partial charge in [0.1, 0.15) is 58.2 Å². The Morgan fingerprint density at radius 2 is 0.963 bits per heavy atom. The van der Waals surface area contributed by atoms with Crippen molar-refractivity contribution in [3.05, 3.63) is 93.0 Å². The van der Waals surface area contributed by atoms with E-state index in [4.69, 9.17) is 32.7 Å². The summed E-state index contributed by atoms with van der Waals surface area (Å²) in [5, 5.41) is 41.5. The molecule has 282 valence electrons. The van der Waals surface area contributed by atoms with Gasteiger partial charge in [-0.05, 0) is 95.5 Å². The molecular formula is C40H42Cl2N6O6. The molecule has 0 bridgehead atoms. The van der Waals surface area contributed by atoms with E-state index in [1.165, 1.54) is 9.59 Å². The molecule has 6 aromatic rings. The highest BCUT2D eigenvalue weighted by molar-refractivity contribution is 6.31. The van der Waals surface area contributed by atoms with Crippen molar-refractivity contribution in [1.82, 2.24) is 30.0 Å². The number of fused-ring (bicyclic) bond motifs is 2. The van der Waals surface area contributed by atoms with Crippen molar-refractivity contribution in [2.45, 2.75) is 91.3 Å². The zero-order valence-corrected chi connectivity index (χ0v) is 32.5. The molecule has 2 heterocycles. The standard InChI is InChI=1S/C40H42Cl2N6O6/c1-39(2,3)25-15-23(37(51)33(17-25)47-43-29-13-11-27(41)19-31(29)45-47)21-53-35(49)9-7-8-10-36(50)54-22-24-16-26(40(4,5)6)18-34(38(24)52)48-44-30-14-12-28(42)20-32(30)46-48/h11-20,51-52H,7-10,21-22H2,1-6H3. The van der Waals surface area contributed by atoms with Crippen LogP contribution < -0.4 is 0 Å². The van der Waals surface area contributed by atoms with Crippen molar-refractivity contribution in [3.63, 3.8) is 0 Å². The summed E-state index contributed by atoms with van der Waals surface area (Å²) in [6, 6.07) is 17.6. The van der Waals surface area contributed by atoms with Crippen LogP contribution in [0.1, 0.15) is 89.5 Å². The number of nitrogens with zero attached hydrogens (tertiary/aromatic N) is 6. The molecule has 0 aliphatic heterocycles. The number of hydrogen-bond acceptors (Lipinski definition) is 10. The van der Waals surface area contributed by atoms with Gasteiger partial charge >= 0.3 is 11.9 Å². The van der Waals surface area contributed by atoms with Crippen LogP contribution >= 0.6 is 23.2 Å². The van der Waals surface area contributed by atoms with Crippen molar-refractivity contribution in [2.75, 3.05) is 0 Å². The van der Waals surface area contributed by atoms with Gasteiger partial charge in [-0.15, -0.1) is 30.0 Å². The third kappa shape index (κ3) is 8.77. The Bertz CT molecular complexity index is 2210. The fraction of sp³-hybridized carbons (Fsp3) is 0.350. The number of carbonyl (C=O) groups is 2. The molecule has 54 heavy (non-hydrogen) atoms. The number of phenolic OH excluding ortho intramolecular Hbond substituents is 2. The van der Waals surface area contributed by atoms with Crippen LogP contribution in [0.15, 0.2) is 60.7 Å². The lowest BCUT2D eigenvalue weighted by Gasteiger charge is -2.22. The average Bonchev–Trinajstić information content (AvgIpc) is 3.71. The summed E-state index contributed by atoms with van der Waals surface area (Å²) < 4.78 is 11.1. The molecule has 0 aliphatic rings. The van der Waals surface area contributed by atoms with Gasteiger partial charge in [0.05, 0.1) is 0 Å². The number of aromatic nitrogens is 6. The van der Waals surface area contributed by atoms with E-state index in [-0.39, 0.29) is 48.4 Å². The van der Waals surface area contributed by atoms with Crippen LogP contribution in [0.3, 0.4) is 0 Å². The molecule has 0 aliphatic carbocycles. The first-order chi connectivity index (χ1) is 25.5. The second-order valence-corrected chi connectivity index (χ2v) is 16.2. The maximum atomic E-state index is 12.7. The fourth-order valence-corrected chi connectivity index (χ4v) is 6.07. The predicted octanol–water partition coefficient (Wildman–Crippen LogP) is 8.81. The largest absolute Gasteiger partial charge is 0.505 e. The minimum absolute atomic E-state index is 0.0704. The van der Waals surface area contributed by atoms with Gasteiger partial charge in [-0.3, -0.25) is 9.59 Å². The van der Waals surface area contributed by atoms with Crippen LogP contribution in [-0.2, 0) is 43.1 Å². The van der Waals surface area contributed by atoms with Crippen LogP contribution in [-0.4, -0.2) is 52.1 Å². The van der Waals surface area contributed by atoms with Crippen molar-refractivity contribution in [1.29, 1.82) is 0 Å². The van der Waals surface area contributed by atoms with E-state index >= 15 is 0 Å². The third-order valence-electron chi connectivity index (χ3n) is 8.97. The number of halogens is 2. The van der Waals surface area contributed by atoms with E-state index in [0.29, 0.717) is 67.5 Å². The van der Waals surface area contributed by atoms with Crippen molar-refractivity contribution >= 4 is 57.2 Å². The summed E-state index contributed by atoms with van der Waals surface area (Å²) in [5.74, 6) is -1.14. The fourth-order valence-electron chi connectivity index (χ4n) is 5.74. The second-order valence-electron chi connectivity index (χ2n) is 15.3. The number of phenols is 2. The molecule has 0 unspecified atom stereocenters. The van der Waals surface area contributed by atoms with E-state index < -0.39 is 11.9 Å². The first-order valence-electron chi connectivity index (χ1n) is 17.6. The summed E-state index contributed by atoms with van der Waals surface area (Å²) in [6.07, 6.45) is 0.913. The molecule has 0 radical (unpaired) electrons. The van der Waals surface area contributed by atoms with E-state index in [9.17, 15) is 19.8 Å². The van der Waals surface area contributed by atoms with E-state index in [1.54, 1.807) is 36.4 Å². The normalized spacial score (nSPS) is 12.1. The summed E-state index contributed by atoms with van der Waals surface area (Å²) in [5.41, 5.74) is 5.12. The number of unbranched alkanes of at least 4 members (excludes halogenated alkanes) is 1.